The molecule has 13 nitrogen and oxygen atoms in total. The van der Waals surface area contributed by atoms with E-state index in [0.29, 0.717) is 43.9 Å². The molecule has 0 radical (unpaired) electrons. The zero-order valence-corrected chi connectivity index (χ0v) is 31.5. The predicted octanol–water partition coefficient (Wildman–Crippen LogP) is 5.64. The van der Waals surface area contributed by atoms with Crippen molar-refractivity contribution in [2.75, 3.05) is 64.8 Å². The molecule has 5 heterocycles. The molecule has 318 valence electrons. The van der Waals surface area contributed by atoms with Crippen molar-refractivity contribution in [2.24, 2.45) is 0 Å². The second-order valence-electron chi connectivity index (χ2n) is 14.7. The quantitative estimate of drug-likeness (QED) is 0.107. The Morgan fingerprint density at radius 2 is 1.61 bits per heavy atom. The standard InChI is InChI=1S/C37H37F8N7O4.CH2O2/c1-49-35(8-2-3-9-35)32(53)29(33(54)48-25-6-5-23(36(40,41)42)18-24(25)26-19-28(37(43,44)45)47-21-46-26)34(55)51(49)20-22-4-7-27(31(39)30(22)38)56-17-16-52-13-10-50(11-14-52)12-15-52;2-1-3/h4-7,18-19,21H,2-3,8-17,20H2,1H3,(H-,46,47,48,53,54,55);1H,(H,2,3)/p+1. The van der Waals surface area contributed by atoms with E-state index in [-0.39, 0.29) is 37.2 Å². The molecule has 4 fully saturated rings. The zero-order chi connectivity index (χ0) is 42.9. The van der Waals surface area contributed by atoms with Gasteiger partial charge in [0.1, 0.15) is 36.5 Å². The first-order chi connectivity index (χ1) is 27.8. The van der Waals surface area contributed by atoms with Crippen LogP contribution in [-0.2, 0) is 33.3 Å². The number of benzene rings is 2. The fraction of sp³-hybridized carbons (Fsp3) is 0.447. The molecule has 1 aliphatic carbocycles. The number of piperazine rings is 3. The number of quaternary nitrogens is 1. The number of amides is 2. The first-order valence-corrected chi connectivity index (χ1v) is 18.5. The van der Waals surface area contributed by atoms with Crippen molar-refractivity contribution in [1.82, 2.24) is 24.9 Å². The third-order valence-corrected chi connectivity index (χ3v) is 11.5. The summed E-state index contributed by atoms with van der Waals surface area (Å²) >= 11 is 0. The average molecular weight is 843 g/mol. The van der Waals surface area contributed by atoms with Crippen molar-refractivity contribution in [3.8, 4) is 17.0 Å². The molecule has 21 heteroatoms. The minimum absolute atomic E-state index is 0.162. The topological polar surface area (TPSA) is 148 Å². The van der Waals surface area contributed by atoms with E-state index in [9.17, 15) is 41.0 Å². The first kappa shape index (κ1) is 43.2. The normalized spacial score (nSPS) is 21.7. The molecule has 3 aromatic rings. The van der Waals surface area contributed by atoms with E-state index in [1.165, 1.54) is 24.2 Å². The number of fused-ring (bicyclic) bond motifs is 3. The number of likely N-dealkylation sites (N-methyl/N-ethyl adjacent to an activating group) is 1. The molecular formula is C38H40F8N7O6+. The number of rotatable bonds is 9. The Balaban J connectivity index is 0.00000189. The van der Waals surface area contributed by atoms with Gasteiger partial charge >= 0.3 is 12.4 Å². The average Bonchev–Trinajstić information content (AvgIpc) is 3.70. The number of hydrogen-bond acceptors (Lipinski definition) is 9. The Morgan fingerprint density at radius 3 is 2.22 bits per heavy atom. The number of carboxylic acid groups (broad SMARTS) is 1. The molecule has 0 atom stereocenters. The van der Waals surface area contributed by atoms with Gasteiger partial charge in [0, 0.05) is 37.8 Å². The summed E-state index contributed by atoms with van der Waals surface area (Å²) in [6.45, 7) is 5.75. The smallest absolute Gasteiger partial charge is 0.433 e. The van der Waals surface area contributed by atoms with E-state index in [1.54, 1.807) is 0 Å². The third-order valence-electron chi connectivity index (χ3n) is 11.5. The lowest BCUT2D eigenvalue weighted by molar-refractivity contribution is -0.940. The van der Waals surface area contributed by atoms with Crippen molar-refractivity contribution in [3.05, 3.63) is 82.5 Å². The largest absolute Gasteiger partial charge is 0.509 e. The number of nitrogens with zero attached hydrogens (tertiary/aromatic N) is 6. The number of hydrogen-bond donors (Lipinski definition) is 3. The molecule has 8 rings (SSSR count). The summed E-state index contributed by atoms with van der Waals surface area (Å²) in [7, 11) is 1.45. The van der Waals surface area contributed by atoms with Gasteiger partial charge in [0.25, 0.3) is 18.3 Å². The van der Waals surface area contributed by atoms with E-state index < -0.39 is 87.4 Å². The van der Waals surface area contributed by atoms with Crippen LogP contribution >= 0.6 is 0 Å². The summed E-state index contributed by atoms with van der Waals surface area (Å²) in [5.41, 5.74) is -6.86. The minimum atomic E-state index is -4.99. The molecule has 2 bridgehead atoms. The molecule has 2 amide bonds. The first-order valence-electron chi connectivity index (χ1n) is 18.5. The molecule has 1 spiro atoms. The highest BCUT2D eigenvalue weighted by atomic mass is 19.4. The van der Waals surface area contributed by atoms with Crippen LogP contribution < -0.4 is 10.1 Å². The van der Waals surface area contributed by atoms with Crippen LogP contribution in [0.25, 0.3) is 11.3 Å². The lowest BCUT2D eigenvalue weighted by atomic mass is 9.88. The lowest BCUT2D eigenvalue weighted by Gasteiger charge is -2.50. The summed E-state index contributed by atoms with van der Waals surface area (Å²) in [5.74, 6) is -5.96. The molecule has 1 aromatic heterocycles. The number of carbonyl (C=O) groups is 3. The Kier molecular flexibility index (Phi) is 12.2. The highest BCUT2D eigenvalue weighted by Crippen LogP contribution is 2.45. The van der Waals surface area contributed by atoms with Gasteiger partial charge in [0.2, 0.25) is 5.82 Å². The summed E-state index contributed by atoms with van der Waals surface area (Å²) in [5, 5.41) is 23.1. The zero-order valence-electron chi connectivity index (χ0n) is 31.5. The van der Waals surface area contributed by atoms with Crippen LogP contribution in [0.15, 0.2) is 54.1 Å². The van der Waals surface area contributed by atoms with E-state index in [2.05, 4.69) is 20.2 Å². The molecule has 1 saturated carbocycles. The number of aliphatic hydroxyl groups excluding tert-OH is 1. The summed E-state index contributed by atoms with van der Waals surface area (Å²) in [6, 6.07) is 4.75. The number of halogens is 8. The van der Waals surface area contributed by atoms with Gasteiger partial charge in [-0.25, -0.2) is 19.4 Å². The van der Waals surface area contributed by atoms with Gasteiger partial charge in [-0.3, -0.25) is 24.3 Å². The molecule has 59 heavy (non-hydrogen) atoms. The van der Waals surface area contributed by atoms with Crippen LogP contribution in [0.5, 0.6) is 5.75 Å². The van der Waals surface area contributed by atoms with Crippen molar-refractivity contribution >= 4 is 24.0 Å². The van der Waals surface area contributed by atoms with Crippen LogP contribution in [0.3, 0.4) is 0 Å². The summed E-state index contributed by atoms with van der Waals surface area (Å²) in [4.78, 5) is 45.7. The molecule has 3 N–H and O–H groups in total. The van der Waals surface area contributed by atoms with Crippen LogP contribution in [0, 0.1) is 11.6 Å². The van der Waals surface area contributed by atoms with Crippen LogP contribution in [0.4, 0.5) is 40.8 Å². The van der Waals surface area contributed by atoms with Gasteiger partial charge in [0.15, 0.2) is 11.6 Å². The van der Waals surface area contributed by atoms with Crippen molar-refractivity contribution < 1.29 is 68.9 Å². The second kappa shape index (κ2) is 16.7. The number of nitrogens with one attached hydrogen (secondary N) is 1. The van der Waals surface area contributed by atoms with Gasteiger partial charge in [-0.15, -0.1) is 0 Å². The van der Waals surface area contributed by atoms with Gasteiger partial charge in [0.05, 0.1) is 48.7 Å². The number of ether oxygens (including phenoxy) is 1. The number of carbonyl (C=O) groups excluding carboxylic acids is 2. The number of anilines is 1. The highest BCUT2D eigenvalue weighted by Gasteiger charge is 2.53. The Bertz CT molecular complexity index is 2100. The molecule has 3 saturated heterocycles. The van der Waals surface area contributed by atoms with Gasteiger partial charge in [-0.1, -0.05) is 18.9 Å². The maximum Gasteiger partial charge on any atom is 0.433 e. The number of alkyl halides is 6. The summed E-state index contributed by atoms with van der Waals surface area (Å²) < 4.78 is 119. The van der Waals surface area contributed by atoms with E-state index in [4.69, 9.17) is 14.6 Å². The molecule has 0 unspecified atom stereocenters. The van der Waals surface area contributed by atoms with Crippen LogP contribution in [-0.4, -0.2) is 123 Å². The maximum absolute atomic E-state index is 15.7. The predicted molar refractivity (Wildman–Crippen MR) is 192 cm³/mol. The van der Waals surface area contributed by atoms with E-state index >= 15 is 8.78 Å². The van der Waals surface area contributed by atoms with Gasteiger partial charge < -0.3 is 24.7 Å². The van der Waals surface area contributed by atoms with Crippen LogP contribution in [0.1, 0.15) is 42.5 Å². The highest BCUT2D eigenvalue weighted by molar-refractivity contribution is 6.24. The van der Waals surface area contributed by atoms with E-state index in [1.807, 2.05) is 0 Å². The Hall–Kier alpha value is -5.41. The number of hydrazine groups is 1. The Morgan fingerprint density at radius 1 is 0.966 bits per heavy atom. The Labute approximate surface area is 332 Å². The fourth-order valence-electron chi connectivity index (χ4n) is 8.16. The second-order valence-corrected chi connectivity index (χ2v) is 14.7. The lowest BCUT2D eigenvalue weighted by Crippen LogP contribution is -2.68. The minimum Gasteiger partial charge on any atom is -0.509 e. The third kappa shape index (κ3) is 8.67. The van der Waals surface area contributed by atoms with Gasteiger partial charge in [-0.05, 0) is 43.2 Å². The van der Waals surface area contributed by atoms with Crippen molar-refractivity contribution in [3.63, 3.8) is 0 Å². The fourth-order valence-corrected chi connectivity index (χ4v) is 8.16. The van der Waals surface area contributed by atoms with Crippen molar-refractivity contribution in [1.29, 1.82) is 0 Å². The monoisotopic (exact) mass is 842 g/mol. The molecular weight excluding hydrogens is 802 g/mol. The van der Waals surface area contributed by atoms with E-state index in [0.717, 1.165) is 54.8 Å². The molecule has 2 aromatic carbocycles. The molecule has 4 aliphatic heterocycles. The van der Waals surface area contributed by atoms with Crippen molar-refractivity contribution in [2.45, 2.75) is 50.1 Å². The number of aromatic nitrogens is 2. The van der Waals surface area contributed by atoms with Crippen LogP contribution in [0.2, 0.25) is 0 Å². The maximum atomic E-state index is 15.7. The summed E-state index contributed by atoms with van der Waals surface area (Å²) in [6.07, 6.45) is -7.84. The number of aliphatic hydroxyl groups is 1. The van der Waals surface area contributed by atoms with Gasteiger partial charge in [-0.2, -0.15) is 30.7 Å². The SMILES string of the molecule is CN1N(Cc2ccc(OCC[N+]34CCN(CC3)CC4)c(F)c2F)C(=O)C(C(=O)Nc2ccc(C(F)(F)F)cc2-c2cc(C(F)(F)F)ncn2)=C(O)C12CCCC2.O=CO. The molecule has 5 aliphatic rings.